The highest BCUT2D eigenvalue weighted by Gasteiger charge is 2.16. The molecule has 1 atom stereocenters. The number of nitrogens with one attached hydrogen (secondary N) is 1. The van der Waals surface area contributed by atoms with E-state index in [-0.39, 0.29) is 24.2 Å². The lowest BCUT2D eigenvalue weighted by Crippen LogP contribution is -2.33. The number of aromatic nitrogens is 1. The summed E-state index contributed by atoms with van der Waals surface area (Å²) in [6.45, 7) is 1.84. The summed E-state index contributed by atoms with van der Waals surface area (Å²) < 4.78 is 5.77. The van der Waals surface area contributed by atoms with Crippen molar-refractivity contribution in [1.29, 1.82) is 0 Å². The van der Waals surface area contributed by atoms with Crippen molar-refractivity contribution in [2.24, 2.45) is 0 Å². The van der Waals surface area contributed by atoms with Gasteiger partial charge in [0.15, 0.2) is 11.5 Å². The Kier molecular flexibility index (Phi) is 4.57. The van der Waals surface area contributed by atoms with E-state index >= 15 is 0 Å². The molecule has 1 unspecified atom stereocenters. The van der Waals surface area contributed by atoms with Crippen LogP contribution in [0.5, 0.6) is 0 Å². The van der Waals surface area contributed by atoms with Crippen LogP contribution in [0.25, 0.3) is 10.6 Å². The molecule has 2 heterocycles. The molecule has 0 radical (unpaired) electrons. The van der Waals surface area contributed by atoms with Gasteiger partial charge in [0.1, 0.15) is 0 Å². The molecule has 7 heteroatoms. The average Bonchev–Trinajstić information content (AvgIpc) is 2.97. The number of aliphatic hydroxyl groups excluding tert-OH is 1. The highest BCUT2D eigenvalue weighted by molar-refractivity contribution is 7.19. The summed E-state index contributed by atoms with van der Waals surface area (Å²) in [5.74, 6) is 0.190. The first-order chi connectivity index (χ1) is 9.10. The smallest absolute Gasteiger partial charge is 0.273 e. The van der Waals surface area contributed by atoms with Crippen LogP contribution in [0, 0.1) is 0 Å². The number of hydrogen-bond donors (Lipinski definition) is 2. The Balaban J connectivity index is 2.06. The van der Waals surface area contributed by atoms with E-state index in [9.17, 15) is 4.79 Å². The van der Waals surface area contributed by atoms with Gasteiger partial charge in [-0.05, 0) is 25.5 Å². The fourth-order valence-electron chi connectivity index (χ4n) is 1.51. The Morgan fingerprint density at radius 3 is 3.05 bits per heavy atom. The van der Waals surface area contributed by atoms with Crippen molar-refractivity contribution in [3.05, 3.63) is 28.2 Å². The largest absolute Gasteiger partial charge is 0.396 e. The summed E-state index contributed by atoms with van der Waals surface area (Å²) >= 11 is 7.19. The summed E-state index contributed by atoms with van der Waals surface area (Å²) in [6.07, 6.45) is 0.497. The number of halogens is 1. The van der Waals surface area contributed by atoms with Crippen LogP contribution in [0.15, 0.2) is 22.7 Å². The SMILES string of the molecule is CC(CCO)NC(=O)c1cc(-c2ccc(Cl)s2)on1. The van der Waals surface area contributed by atoms with Crippen LogP contribution in [0.2, 0.25) is 4.34 Å². The van der Waals surface area contributed by atoms with E-state index < -0.39 is 0 Å². The molecule has 0 saturated heterocycles. The number of rotatable bonds is 5. The molecule has 5 nitrogen and oxygen atoms in total. The summed E-state index contributed by atoms with van der Waals surface area (Å²) in [7, 11) is 0. The van der Waals surface area contributed by atoms with Gasteiger partial charge >= 0.3 is 0 Å². The molecular formula is C12H13ClN2O3S. The van der Waals surface area contributed by atoms with Crippen LogP contribution in [0.1, 0.15) is 23.8 Å². The monoisotopic (exact) mass is 300 g/mol. The van der Waals surface area contributed by atoms with Crippen molar-refractivity contribution in [1.82, 2.24) is 10.5 Å². The highest BCUT2D eigenvalue weighted by Crippen LogP contribution is 2.31. The number of nitrogens with zero attached hydrogens (tertiary/aromatic N) is 1. The highest BCUT2D eigenvalue weighted by atomic mass is 35.5. The van der Waals surface area contributed by atoms with Gasteiger partial charge in [0.2, 0.25) is 0 Å². The third kappa shape index (κ3) is 3.56. The zero-order chi connectivity index (χ0) is 13.8. The fraction of sp³-hybridized carbons (Fsp3) is 0.333. The Morgan fingerprint density at radius 2 is 2.42 bits per heavy atom. The molecule has 2 aromatic heterocycles. The molecule has 0 aliphatic carbocycles. The van der Waals surface area contributed by atoms with E-state index in [1.54, 1.807) is 12.1 Å². The van der Waals surface area contributed by atoms with E-state index in [1.165, 1.54) is 11.3 Å². The van der Waals surface area contributed by atoms with Gasteiger partial charge in [-0.25, -0.2) is 0 Å². The summed E-state index contributed by atoms with van der Waals surface area (Å²) in [5.41, 5.74) is 0.212. The summed E-state index contributed by atoms with van der Waals surface area (Å²) in [6, 6.07) is 5.02. The van der Waals surface area contributed by atoms with Gasteiger partial charge in [-0.1, -0.05) is 16.8 Å². The van der Waals surface area contributed by atoms with Gasteiger partial charge in [-0.3, -0.25) is 4.79 Å². The summed E-state index contributed by atoms with van der Waals surface area (Å²) in [4.78, 5) is 12.7. The third-order valence-corrected chi connectivity index (χ3v) is 3.74. The minimum atomic E-state index is -0.321. The van der Waals surface area contributed by atoms with Crippen molar-refractivity contribution in [2.45, 2.75) is 19.4 Å². The van der Waals surface area contributed by atoms with Crippen molar-refractivity contribution in [2.75, 3.05) is 6.61 Å². The van der Waals surface area contributed by atoms with Crippen molar-refractivity contribution in [3.8, 4) is 10.6 Å². The lowest BCUT2D eigenvalue weighted by atomic mass is 10.2. The van der Waals surface area contributed by atoms with E-state index in [0.29, 0.717) is 16.5 Å². The van der Waals surface area contributed by atoms with Crippen LogP contribution >= 0.6 is 22.9 Å². The van der Waals surface area contributed by atoms with E-state index in [4.69, 9.17) is 21.2 Å². The number of thiophene rings is 1. The van der Waals surface area contributed by atoms with Gasteiger partial charge in [0.25, 0.3) is 5.91 Å². The van der Waals surface area contributed by atoms with Crippen molar-refractivity contribution in [3.63, 3.8) is 0 Å². The average molecular weight is 301 g/mol. The summed E-state index contributed by atoms with van der Waals surface area (Å²) in [5, 5.41) is 15.2. The number of carbonyl (C=O) groups excluding carboxylic acids is 1. The quantitative estimate of drug-likeness (QED) is 0.890. The molecule has 1 amide bonds. The van der Waals surface area contributed by atoms with E-state index in [1.807, 2.05) is 13.0 Å². The number of hydrogen-bond acceptors (Lipinski definition) is 5. The molecule has 2 aromatic rings. The topological polar surface area (TPSA) is 75.4 Å². The maximum absolute atomic E-state index is 11.8. The van der Waals surface area contributed by atoms with Gasteiger partial charge < -0.3 is 14.9 Å². The minimum Gasteiger partial charge on any atom is -0.396 e. The van der Waals surface area contributed by atoms with Crippen LogP contribution in [-0.4, -0.2) is 28.8 Å². The second kappa shape index (κ2) is 6.18. The molecule has 19 heavy (non-hydrogen) atoms. The second-order valence-corrected chi connectivity index (χ2v) is 5.78. The maximum Gasteiger partial charge on any atom is 0.273 e. The number of carbonyl (C=O) groups is 1. The molecule has 0 bridgehead atoms. The Bertz CT molecular complexity index is 567. The van der Waals surface area contributed by atoms with E-state index in [0.717, 1.165) is 4.88 Å². The second-order valence-electron chi connectivity index (χ2n) is 4.07. The van der Waals surface area contributed by atoms with Gasteiger partial charge in [-0.15, -0.1) is 11.3 Å². The molecular weight excluding hydrogens is 288 g/mol. The van der Waals surface area contributed by atoms with Gasteiger partial charge in [0.05, 0.1) is 9.21 Å². The van der Waals surface area contributed by atoms with Crippen molar-refractivity contribution >= 4 is 28.8 Å². The molecule has 0 spiro atoms. The Morgan fingerprint density at radius 1 is 1.63 bits per heavy atom. The first-order valence-corrected chi connectivity index (χ1v) is 6.93. The molecule has 0 aromatic carbocycles. The van der Waals surface area contributed by atoms with E-state index in [2.05, 4.69) is 10.5 Å². The maximum atomic E-state index is 11.8. The Hall–Kier alpha value is -1.37. The lowest BCUT2D eigenvalue weighted by molar-refractivity contribution is 0.0925. The predicted octanol–water partition coefficient (Wildman–Crippen LogP) is 2.56. The van der Waals surface area contributed by atoms with Crippen LogP contribution in [0.3, 0.4) is 0 Å². The standard InChI is InChI=1S/C12H13ClN2O3S/c1-7(4-5-16)14-12(17)8-6-9(18-15-8)10-2-3-11(13)19-10/h2-3,6-7,16H,4-5H2,1H3,(H,14,17). The normalized spacial score (nSPS) is 12.4. The molecule has 102 valence electrons. The van der Waals surface area contributed by atoms with Crippen LogP contribution in [0.4, 0.5) is 0 Å². The molecule has 0 aliphatic rings. The number of aliphatic hydroxyl groups is 1. The first kappa shape index (κ1) is 14.0. The first-order valence-electron chi connectivity index (χ1n) is 5.74. The zero-order valence-corrected chi connectivity index (χ0v) is 11.8. The molecule has 0 saturated carbocycles. The zero-order valence-electron chi connectivity index (χ0n) is 10.2. The minimum absolute atomic E-state index is 0.0270. The van der Waals surface area contributed by atoms with Gasteiger partial charge in [-0.2, -0.15) is 0 Å². The van der Waals surface area contributed by atoms with Crippen LogP contribution < -0.4 is 5.32 Å². The number of amides is 1. The predicted molar refractivity (Wildman–Crippen MR) is 73.5 cm³/mol. The van der Waals surface area contributed by atoms with Gasteiger partial charge in [0, 0.05) is 18.7 Å². The third-order valence-electron chi connectivity index (χ3n) is 2.50. The van der Waals surface area contributed by atoms with Crippen LogP contribution in [-0.2, 0) is 0 Å². The molecule has 0 fully saturated rings. The Labute approximate surface area is 119 Å². The van der Waals surface area contributed by atoms with Crippen molar-refractivity contribution < 1.29 is 14.4 Å². The fourth-order valence-corrected chi connectivity index (χ4v) is 2.50. The molecule has 2 rings (SSSR count). The lowest BCUT2D eigenvalue weighted by Gasteiger charge is -2.10. The molecule has 2 N–H and O–H groups in total. The molecule has 0 aliphatic heterocycles.